The second-order valence-electron chi connectivity index (χ2n) is 4.93. The highest BCUT2D eigenvalue weighted by molar-refractivity contribution is 5.85. The Labute approximate surface area is 104 Å². The summed E-state index contributed by atoms with van der Waals surface area (Å²) in [6, 6.07) is 0. The van der Waals surface area contributed by atoms with E-state index in [-0.39, 0.29) is 0 Å². The van der Waals surface area contributed by atoms with Gasteiger partial charge < -0.3 is 15.3 Å². The molecule has 1 rings (SSSR count). The van der Waals surface area contributed by atoms with Crippen molar-refractivity contribution in [3.8, 4) is 0 Å². The van der Waals surface area contributed by atoms with Crippen molar-refractivity contribution in [1.82, 2.24) is 10.2 Å². The van der Waals surface area contributed by atoms with E-state index in [1.54, 1.807) is 13.0 Å². The molecule has 0 saturated carbocycles. The van der Waals surface area contributed by atoms with Gasteiger partial charge in [-0.1, -0.05) is 6.08 Å². The zero-order valence-corrected chi connectivity index (χ0v) is 10.9. The van der Waals surface area contributed by atoms with Crippen molar-refractivity contribution >= 4 is 5.97 Å². The zero-order chi connectivity index (χ0) is 12.7. The normalized spacial score (nSPS) is 19.5. The molecule has 1 heterocycles. The molecule has 4 heteroatoms. The lowest BCUT2D eigenvalue weighted by atomic mass is 9.94. The second kappa shape index (κ2) is 7.45. The van der Waals surface area contributed by atoms with E-state index in [1.165, 1.54) is 32.4 Å². The van der Waals surface area contributed by atoms with E-state index in [0.29, 0.717) is 12.1 Å². The summed E-state index contributed by atoms with van der Waals surface area (Å²) in [5.74, 6) is 0.00497. The molecular formula is C13H24N2O2. The fourth-order valence-electron chi connectivity index (χ4n) is 2.07. The lowest BCUT2D eigenvalue weighted by molar-refractivity contribution is -0.132. The molecule has 0 aromatic carbocycles. The number of likely N-dealkylation sites (tertiary alicyclic amines) is 1. The van der Waals surface area contributed by atoms with E-state index in [1.807, 2.05) is 0 Å². The molecule has 0 amide bonds. The Morgan fingerprint density at radius 3 is 2.71 bits per heavy atom. The van der Waals surface area contributed by atoms with Crippen molar-refractivity contribution in [2.24, 2.45) is 5.92 Å². The molecule has 1 saturated heterocycles. The molecule has 0 bridgehead atoms. The van der Waals surface area contributed by atoms with E-state index in [9.17, 15) is 4.79 Å². The summed E-state index contributed by atoms with van der Waals surface area (Å²) >= 11 is 0. The van der Waals surface area contributed by atoms with Crippen LogP contribution in [-0.4, -0.2) is 49.2 Å². The number of nitrogens with one attached hydrogen (secondary N) is 1. The van der Waals surface area contributed by atoms with Gasteiger partial charge in [-0.2, -0.15) is 0 Å². The summed E-state index contributed by atoms with van der Waals surface area (Å²) in [7, 11) is 2.17. The quantitative estimate of drug-likeness (QED) is 0.543. The minimum Gasteiger partial charge on any atom is -0.478 e. The topological polar surface area (TPSA) is 52.6 Å². The summed E-state index contributed by atoms with van der Waals surface area (Å²) < 4.78 is 0. The Bertz CT molecular complexity index is 269. The van der Waals surface area contributed by atoms with Crippen LogP contribution in [0.4, 0.5) is 0 Å². The number of hydrogen-bond acceptors (Lipinski definition) is 3. The first kappa shape index (κ1) is 14.2. The third kappa shape index (κ3) is 5.84. The largest absolute Gasteiger partial charge is 0.478 e. The van der Waals surface area contributed by atoms with Gasteiger partial charge in [-0.25, -0.2) is 4.79 Å². The lowest BCUT2D eigenvalue weighted by Crippen LogP contribution is -2.31. The standard InChI is InChI=1S/C13H24N2O2/c1-11(13(16)17)3-7-14-8-4-12-5-9-15(2)10-6-12/h3,12,14H,4-10H2,1-2H3,(H,16,17)/b11-3-. The fourth-order valence-corrected chi connectivity index (χ4v) is 2.07. The second-order valence-corrected chi connectivity index (χ2v) is 4.93. The van der Waals surface area contributed by atoms with Gasteiger partial charge in [-0.3, -0.25) is 0 Å². The van der Waals surface area contributed by atoms with Crippen LogP contribution in [0.3, 0.4) is 0 Å². The van der Waals surface area contributed by atoms with Crippen LogP contribution in [0.5, 0.6) is 0 Å². The number of rotatable bonds is 6. The van der Waals surface area contributed by atoms with Crippen molar-refractivity contribution in [2.45, 2.75) is 26.2 Å². The number of carboxylic acid groups (broad SMARTS) is 1. The molecule has 4 nitrogen and oxygen atoms in total. The monoisotopic (exact) mass is 240 g/mol. The Kier molecular flexibility index (Phi) is 6.22. The molecule has 0 unspecified atom stereocenters. The molecule has 1 aliphatic heterocycles. The first-order valence-electron chi connectivity index (χ1n) is 6.39. The Morgan fingerprint density at radius 1 is 1.47 bits per heavy atom. The summed E-state index contributed by atoms with van der Waals surface area (Å²) in [6.07, 6.45) is 5.52. The molecule has 2 N–H and O–H groups in total. The van der Waals surface area contributed by atoms with Gasteiger partial charge in [0.1, 0.15) is 0 Å². The minimum absolute atomic E-state index is 0.414. The van der Waals surface area contributed by atoms with E-state index < -0.39 is 5.97 Å². The maximum Gasteiger partial charge on any atom is 0.330 e. The number of piperidine rings is 1. The van der Waals surface area contributed by atoms with Crippen LogP contribution in [0.25, 0.3) is 0 Å². The average Bonchev–Trinajstić information content (AvgIpc) is 2.30. The van der Waals surface area contributed by atoms with E-state index in [0.717, 1.165) is 12.5 Å². The van der Waals surface area contributed by atoms with Gasteiger partial charge in [0.2, 0.25) is 0 Å². The molecule has 0 aromatic rings. The molecule has 0 radical (unpaired) electrons. The van der Waals surface area contributed by atoms with Gasteiger partial charge in [0.05, 0.1) is 0 Å². The molecule has 0 aromatic heterocycles. The van der Waals surface area contributed by atoms with Crippen LogP contribution in [0.15, 0.2) is 11.6 Å². The third-order valence-corrected chi connectivity index (χ3v) is 3.46. The van der Waals surface area contributed by atoms with E-state index in [4.69, 9.17) is 5.11 Å². The van der Waals surface area contributed by atoms with Gasteiger partial charge in [0.15, 0.2) is 0 Å². The molecule has 0 aliphatic carbocycles. The Hall–Kier alpha value is -0.870. The molecule has 98 valence electrons. The van der Waals surface area contributed by atoms with Crippen LogP contribution in [0.2, 0.25) is 0 Å². The predicted molar refractivity (Wildman–Crippen MR) is 69.1 cm³/mol. The van der Waals surface area contributed by atoms with Gasteiger partial charge in [0.25, 0.3) is 0 Å². The maximum atomic E-state index is 10.5. The number of carbonyl (C=O) groups is 1. The van der Waals surface area contributed by atoms with Crippen LogP contribution in [0, 0.1) is 5.92 Å². The summed E-state index contributed by atoms with van der Waals surface area (Å²) in [4.78, 5) is 12.9. The van der Waals surface area contributed by atoms with Crippen molar-refractivity contribution in [3.05, 3.63) is 11.6 Å². The van der Waals surface area contributed by atoms with Crippen LogP contribution < -0.4 is 5.32 Å². The van der Waals surface area contributed by atoms with E-state index >= 15 is 0 Å². The van der Waals surface area contributed by atoms with Crippen molar-refractivity contribution in [3.63, 3.8) is 0 Å². The smallest absolute Gasteiger partial charge is 0.330 e. The zero-order valence-electron chi connectivity index (χ0n) is 10.9. The first-order valence-corrected chi connectivity index (χ1v) is 6.39. The summed E-state index contributed by atoms with van der Waals surface area (Å²) in [5, 5.41) is 11.9. The van der Waals surface area contributed by atoms with Gasteiger partial charge in [-0.05, 0) is 58.8 Å². The number of nitrogens with zero attached hydrogens (tertiary/aromatic N) is 1. The highest BCUT2D eigenvalue weighted by atomic mass is 16.4. The highest BCUT2D eigenvalue weighted by Crippen LogP contribution is 2.18. The van der Waals surface area contributed by atoms with Crippen LogP contribution in [0.1, 0.15) is 26.2 Å². The number of carboxylic acids is 1. The molecule has 17 heavy (non-hydrogen) atoms. The fraction of sp³-hybridized carbons (Fsp3) is 0.769. The van der Waals surface area contributed by atoms with Crippen molar-refractivity contribution in [2.75, 3.05) is 33.2 Å². The summed E-state index contributed by atoms with van der Waals surface area (Å²) in [5.41, 5.74) is 0.414. The lowest BCUT2D eigenvalue weighted by Gasteiger charge is -2.28. The van der Waals surface area contributed by atoms with Crippen LogP contribution in [-0.2, 0) is 4.79 Å². The first-order chi connectivity index (χ1) is 8.09. The van der Waals surface area contributed by atoms with Crippen LogP contribution >= 0.6 is 0 Å². The Balaban J connectivity index is 2.05. The maximum absolute atomic E-state index is 10.5. The summed E-state index contributed by atoms with van der Waals surface area (Å²) in [6.45, 7) is 5.69. The van der Waals surface area contributed by atoms with Crippen molar-refractivity contribution in [1.29, 1.82) is 0 Å². The molecule has 1 fully saturated rings. The molecule has 1 aliphatic rings. The van der Waals surface area contributed by atoms with Crippen molar-refractivity contribution < 1.29 is 9.90 Å². The van der Waals surface area contributed by atoms with Gasteiger partial charge >= 0.3 is 5.97 Å². The average molecular weight is 240 g/mol. The minimum atomic E-state index is -0.831. The third-order valence-electron chi connectivity index (χ3n) is 3.46. The number of aliphatic carboxylic acids is 1. The molecule has 0 atom stereocenters. The Morgan fingerprint density at radius 2 is 2.12 bits per heavy atom. The highest BCUT2D eigenvalue weighted by Gasteiger charge is 2.15. The van der Waals surface area contributed by atoms with E-state index in [2.05, 4.69) is 17.3 Å². The number of hydrogen-bond donors (Lipinski definition) is 2. The predicted octanol–water partition coefficient (Wildman–Crippen LogP) is 1.34. The molecule has 0 spiro atoms. The van der Waals surface area contributed by atoms with Gasteiger partial charge in [0, 0.05) is 12.1 Å². The van der Waals surface area contributed by atoms with Gasteiger partial charge in [-0.15, -0.1) is 0 Å². The SMILES string of the molecule is C/C(=C/CNCCC1CCN(C)CC1)C(=O)O. The molecular weight excluding hydrogens is 216 g/mol.